The highest BCUT2D eigenvalue weighted by molar-refractivity contribution is 5.80. The van der Waals surface area contributed by atoms with Crippen LogP contribution in [-0.2, 0) is 6.42 Å². The molecule has 2 atom stereocenters. The summed E-state index contributed by atoms with van der Waals surface area (Å²) in [5.74, 6) is 1.44. The number of aryl methyl sites for hydroxylation is 1. The van der Waals surface area contributed by atoms with Crippen LogP contribution in [0.4, 0.5) is 15.8 Å². The Labute approximate surface area is 172 Å². The summed E-state index contributed by atoms with van der Waals surface area (Å²) in [7, 11) is 1.76. The molecule has 4 nitrogen and oxygen atoms in total. The molecule has 0 aromatic heterocycles. The zero-order valence-electron chi connectivity index (χ0n) is 17.3. The molecule has 0 amide bonds. The quantitative estimate of drug-likeness (QED) is 0.818. The average Bonchev–Trinajstić information content (AvgIpc) is 3.10. The third-order valence-electron chi connectivity index (χ3n) is 6.97. The minimum absolute atomic E-state index is 0.126. The van der Waals surface area contributed by atoms with Crippen molar-refractivity contribution in [3.8, 4) is 5.75 Å². The van der Waals surface area contributed by atoms with Gasteiger partial charge in [-0.3, -0.25) is 4.90 Å². The first-order valence-corrected chi connectivity index (χ1v) is 10.9. The van der Waals surface area contributed by atoms with Crippen LogP contribution < -0.4 is 15.0 Å². The van der Waals surface area contributed by atoms with Gasteiger partial charge in [0.05, 0.1) is 18.5 Å². The van der Waals surface area contributed by atoms with Gasteiger partial charge >= 0.3 is 0 Å². The van der Waals surface area contributed by atoms with Crippen molar-refractivity contribution in [1.82, 2.24) is 4.90 Å². The van der Waals surface area contributed by atoms with E-state index in [4.69, 9.17) is 4.74 Å². The van der Waals surface area contributed by atoms with Crippen LogP contribution in [0.25, 0.3) is 0 Å². The van der Waals surface area contributed by atoms with E-state index < -0.39 is 0 Å². The Morgan fingerprint density at radius 3 is 2.72 bits per heavy atom. The molecule has 0 bridgehead atoms. The Morgan fingerprint density at radius 1 is 1.14 bits per heavy atom. The second kappa shape index (κ2) is 7.52. The summed E-state index contributed by atoms with van der Waals surface area (Å²) in [4.78, 5) is 5.06. The molecule has 0 spiro atoms. The van der Waals surface area contributed by atoms with Gasteiger partial charge in [-0.15, -0.1) is 0 Å². The van der Waals surface area contributed by atoms with E-state index in [1.807, 2.05) is 6.07 Å². The molecule has 2 aromatic rings. The molecule has 154 valence electrons. The van der Waals surface area contributed by atoms with Crippen molar-refractivity contribution in [1.29, 1.82) is 0 Å². The van der Waals surface area contributed by atoms with Gasteiger partial charge in [-0.25, -0.2) is 4.39 Å². The second-order valence-corrected chi connectivity index (χ2v) is 8.73. The predicted molar refractivity (Wildman–Crippen MR) is 115 cm³/mol. The zero-order chi connectivity index (χ0) is 20.0. The van der Waals surface area contributed by atoms with E-state index in [0.29, 0.717) is 12.0 Å². The average molecular weight is 396 g/mol. The molecule has 3 aliphatic heterocycles. The third-order valence-corrected chi connectivity index (χ3v) is 6.97. The smallest absolute Gasteiger partial charge is 0.125 e. The van der Waals surface area contributed by atoms with Gasteiger partial charge in [0.15, 0.2) is 0 Å². The molecule has 1 N–H and O–H groups in total. The lowest BCUT2D eigenvalue weighted by Gasteiger charge is -2.40. The number of methoxy groups -OCH3 is 1. The summed E-state index contributed by atoms with van der Waals surface area (Å²) in [5.41, 5.74) is 4.70. The van der Waals surface area contributed by atoms with Crippen LogP contribution in [0, 0.1) is 5.82 Å². The van der Waals surface area contributed by atoms with Crippen molar-refractivity contribution in [2.75, 3.05) is 37.0 Å². The number of nitrogens with zero attached hydrogens (tertiary/aromatic N) is 2. The molecule has 0 aliphatic carbocycles. The summed E-state index contributed by atoms with van der Waals surface area (Å²) in [6.07, 6.45) is 4.58. The highest BCUT2D eigenvalue weighted by Crippen LogP contribution is 2.44. The van der Waals surface area contributed by atoms with Crippen molar-refractivity contribution < 1.29 is 9.13 Å². The first-order chi connectivity index (χ1) is 14.1. The maximum Gasteiger partial charge on any atom is 0.125 e. The molecule has 1 saturated heterocycles. The second-order valence-electron chi connectivity index (χ2n) is 8.73. The number of para-hydroxylation sites is 1. The summed E-state index contributed by atoms with van der Waals surface area (Å²) >= 11 is 0. The number of hydrogen-bond acceptors (Lipinski definition) is 4. The number of anilines is 2. The van der Waals surface area contributed by atoms with E-state index in [1.54, 1.807) is 19.2 Å². The topological polar surface area (TPSA) is 27.7 Å². The van der Waals surface area contributed by atoms with E-state index in [1.165, 1.54) is 11.3 Å². The number of nitrogens with one attached hydrogen (secondary N) is 1. The van der Waals surface area contributed by atoms with E-state index >= 15 is 0 Å². The van der Waals surface area contributed by atoms with Crippen molar-refractivity contribution >= 4 is 11.4 Å². The number of halogens is 1. The first kappa shape index (κ1) is 18.7. The fourth-order valence-electron chi connectivity index (χ4n) is 5.51. The fourth-order valence-corrected chi connectivity index (χ4v) is 5.51. The standard InChI is InChI=1S/C24H30FN3O/c1-16-7-8-18-13-19(25)14-21-24(18)28(16)23(26-21)15-27-11-9-17(10-12-27)20-5-3-4-6-22(20)29-2/h3-6,13-14,16-17,23,26H,7-12,15H2,1-2H3. The molecule has 3 aliphatic rings. The highest BCUT2D eigenvalue weighted by Gasteiger charge is 2.38. The molecule has 2 unspecified atom stereocenters. The third kappa shape index (κ3) is 3.35. The lowest BCUT2D eigenvalue weighted by molar-refractivity contribution is 0.200. The van der Waals surface area contributed by atoms with Gasteiger partial charge in [-0.05, 0) is 80.9 Å². The Balaban J connectivity index is 1.27. The number of ether oxygens (including phenoxy) is 1. The van der Waals surface area contributed by atoms with Crippen LogP contribution in [-0.4, -0.2) is 43.9 Å². The van der Waals surface area contributed by atoms with Crippen LogP contribution in [0.5, 0.6) is 5.75 Å². The lowest BCUT2D eigenvalue weighted by Crippen LogP contribution is -2.51. The summed E-state index contributed by atoms with van der Waals surface area (Å²) < 4.78 is 19.6. The molecular formula is C24H30FN3O. The molecule has 3 heterocycles. The van der Waals surface area contributed by atoms with Crippen LogP contribution in [0.3, 0.4) is 0 Å². The molecule has 1 fully saturated rings. The summed E-state index contributed by atoms with van der Waals surface area (Å²) in [6.45, 7) is 5.43. The molecule has 0 saturated carbocycles. The predicted octanol–water partition coefficient (Wildman–Crippen LogP) is 4.61. The number of benzene rings is 2. The minimum atomic E-state index is -0.126. The number of hydrogen-bond donors (Lipinski definition) is 1. The largest absolute Gasteiger partial charge is 0.496 e. The SMILES string of the molecule is COc1ccccc1C1CCN(CC2Nc3cc(F)cc4c3N2C(C)CC4)CC1. The number of likely N-dealkylation sites (tertiary alicyclic amines) is 1. The van der Waals surface area contributed by atoms with Gasteiger partial charge in [-0.2, -0.15) is 0 Å². The van der Waals surface area contributed by atoms with Crippen LogP contribution >= 0.6 is 0 Å². The maximum absolute atomic E-state index is 14.0. The summed E-state index contributed by atoms with van der Waals surface area (Å²) in [6, 6.07) is 12.3. The van der Waals surface area contributed by atoms with Crippen LogP contribution in [0.15, 0.2) is 36.4 Å². The van der Waals surface area contributed by atoms with E-state index in [-0.39, 0.29) is 12.0 Å². The van der Waals surface area contributed by atoms with Crippen molar-refractivity contribution in [2.24, 2.45) is 0 Å². The summed E-state index contributed by atoms with van der Waals surface area (Å²) in [5, 5.41) is 3.62. The van der Waals surface area contributed by atoms with E-state index in [2.05, 4.69) is 40.2 Å². The number of rotatable bonds is 4. The fraction of sp³-hybridized carbons (Fsp3) is 0.500. The first-order valence-electron chi connectivity index (χ1n) is 10.9. The van der Waals surface area contributed by atoms with Gasteiger partial charge in [-0.1, -0.05) is 18.2 Å². The molecular weight excluding hydrogens is 365 g/mol. The highest BCUT2D eigenvalue weighted by atomic mass is 19.1. The molecule has 2 aromatic carbocycles. The minimum Gasteiger partial charge on any atom is -0.496 e. The Hall–Kier alpha value is -2.27. The van der Waals surface area contributed by atoms with E-state index in [0.717, 1.165) is 62.3 Å². The van der Waals surface area contributed by atoms with Crippen LogP contribution in [0.1, 0.15) is 43.2 Å². The number of piperidine rings is 1. The van der Waals surface area contributed by atoms with Gasteiger partial charge < -0.3 is 15.0 Å². The molecule has 5 rings (SSSR count). The van der Waals surface area contributed by atoms with Crippen molar-refractivity contribution in [3.05, 3.63) is 53.3 Å². The van der Waals surface area contributed by atoms with Crippen molar-refractivity contribution in [3.63, 3.8) is 0 Å². The van der Waals surface area contributed by atoms with E-state index in [9.17, 15) is 4.39 Å². The Morgan fingerprint density at radius 2 is 1.93 bits per heavy atom. The lowest BCUT2D eigenvalue weighted by atomic mass is 9.88. The van der Waals surface area contributed by atoms with Gasteiger partial charge in [0, 0.05) is 12.6 Å². The Kier molecular flexibility index (Phi) is 4.86. The van der Waals surface area contributed by atoms with Gasteiger partial charge in [0.1, 0.15) is 17.7 Å². The van der Waals surface area contributed by atoms with Gasteiger partial charge in [0.2, 0.25) is 0 Å². The van der Waals surface area contributed by atoms with Crippen molar-refractivity contribution in [2.45, 2.75) is 50.7 Å². The Bertz CT molecular complexity index is 894. The molecule has 0 radical (unpaired) electrons. The zero-order valence-corrected chi connectivity index (χ0v) is 17.3. The van der Waals surface area contributed by atoms with Crippen LogP contribution in [0.2, 0.25) is 0 Å². The molecule has 29 heavy (non-hydrogen) atoms. The van der Waals surface area contributed by atoms with Gasteiger partial charge in [0.25, 0.3) is 0 Å². The maximum atomic E-state index is 14.0. The normalized spacial score (nSPS) is 24.3. The monoisotopic (exact) mass is 395 g/mol. The molecule has 5 heteroatoms.